The highest BCUT2D eigenvalue weighted by atomic mass is 35.5. The van der Waals surface area contributed by atoms with Crippen molar-refractivity contribution in [1.82, 2.24) is 4.90 Å². The molecule has 2 nitrogen and oxygen atoms in total. The number of nitrogens with zero attached hydrogens (tertiary/aromatic N) is 1. The lowest BCUT2D eigenvalue weighted by Crippen LogP contribution is -2.40. The zero-order chi connectivity index (χ0) is 12.0. The summed E-state index contributed by atoms with van der Waals surface area (Å²) in [6.45, 7) is 2.01. The van der Waals surface area contributed by atoms with Gasteiger partial charge in [-0.3, -0.25) is 4.79 Å². The molecule has 0 bridgehead atoms. The van der Waals surface area contributed by atoms with E-state index >= 15 is 0 Å². The van der Waals surface area contributed by atoms with Gasteiger partial charge in [-0.15, -0.1) is 11.6 Å². The number of hydrogen-bond donors (Lipinski definition) is 0. The van der Waals surface area contributed by atoms with Crippen LogP contribution in [0.3, 0.4) is 0 Å². The van der Waals surface area contributed by atoms with Gasteiger partial charge in [-0.25, -0.2) is 0 Å². The quantitative estimate of drug-likeness (QED) is 0.698. The topological polar surface area (TPSA) is 20.3 Å². The molecule has 3 heteroatoms. The monoisotopic (exact) mass is 245 g/mol. The van der Waals surface area contributed by atoms with E-state index in [1.165, 1.54) is 32.1 Å². The number of amides is 1. The molecule has 16 heavy (non-hydrogen) atoms. The molecular weight excluding hydrogens is 222 g/mol. The van der Waals surface area contributed by atoms with Crippen molar-refractivity contribution in [3.63, 3.8) is 0 Å². The van der Waals surface area contributed by atoms with Crippen molar-refractivity contribution in [1.29, 1.82) is 0 Å². The Morgan fingerprint density at radius 1 is 1.25 bits per heavy atom. The van der Waals surface area contributed by atoms with Crippen molar-refractivity contribution in [2.45, 2.75) is 57.9 Å². The lowest BCUT2D eigenvalue weighted by Gasteiger charge is -2.28. The maximum atomic E-state index is 12.2. The summed E-state index contributed by atoms with van der Waals surface area (Å²) in [6.07, 6.45) is 8.47. The third-order valence-electron chi connectivity index (χ3n) is 3.69. The molecule has 1 unspecified atom stereocenters. The Hall–Kier alpha value is -0.240. The van der Waals surface area contributed by atoms with E-state index in [9.17, 15) is 4.79 Å². The summed E-state index contributed by atoms with van der Waals surface area (Å²) in [7, 11) is 1.88. The summed E-state index contributed by atoms with van der Waals surface area (Å²) in [6, 6.07) is 0.152. The molecule has 1 rings (SSSR count). The van der Waals surface area contributed by atoms with Crippen LogP contribution in [0.5, 0.6) is 0 Å². The van der Waals surface area contributed by atoms with Gasteiger partial charge in [-0.1, -0.05) is 32.1 Å². The second-order valence-electron chi connectivity index (χ2n) is 4.99. The van der Waals surface area contributed by atoms with E-state index in [2.05, 4.69) is 0 Å². The Bertz CT molecular complexity index is 212. The smallest absolute Gasteiger partial charge is 0.225 e. The standard InChI is InChI=1S/C13H24ClNO/c1-11(10-14)15(2)13(16)12-8-6-4-3-5-7-9-12/h11-12H,3-10H2,1-2H3. The van der Waals surface area contributed by atoms with Crippen LogP contribution >= 0.6 is 11.6 Å². The van der Waals surface area contributed by atoms with E-state index in [1.54, 1.807) is 0 Å². The van der Waals surface area contributed by atoms with Crippen LogP contribution in [-0.4, -0.2) is 29.8 Å². The Kier molecular flexibility index (Phi) is 6.18. The Morgan fingerprint density at radius 2 is 1.75 bits per heavy atom. The van der Waals surface area contributed by atoms with E-state index < -0.39 is 0 Å². The molecule has 0 aromatic heterocycles. The average Bonchev–Trinajstić information content (AvgIpc) is 2.26. The predicted octanol–water partition coefficient (Wildman–Crippen LogP) is 3.43. The molecule has 1 fully saturated rings. The first-order chi connectivity index (χ1) is 7.66. The molecule has 1 aliphatic carbocycles. The van der Waals surface area contributed by atoms with Crippen molar-refractivity contribution < 1.29 is 4.79 Å². The van der Waals surface area contributed by atoms with E-state index in [-0.39, 0.29) is 12.0 Å². The van der Waals surface area contributed by atoms with Crippen molar-refractivity contribution in [3.05, 3.63) is 0 Å². The van der Waals surface area contributed by atoms with Crippen LogP contribution in [0.4, 0.5) is 0 Å². The highest BCUT2D eigenvalue weighted by Gasteiger charge is 2.24. The van der Waals surface area contributed by atoms with E-state index in [1.807, 2.05) is 18.9 Å². The zero-order valence-electron chi connectivity index (χ0n) is 10.5. The molecular formula is C13H24ClNO. The fourth-order valence-corrected chi connectivity index (χ4v) is 2.52. The Labute approximate surface area is 104 Å². The SMILES string of the molecule is CC(CCl)N(C)C(=O)C1CCCCCCC1. The molecule has 0 N–H and O–H groups in total. The van der Waals surface area contributed by atoms with Gasteiger partial charge in [0.1, 0.15) is 0 Å². The van der Waals surface area contributed by atoms with E-state index in [0.717, 1.165) is 12.8 Å². The summed E-state index contributed by atoms with van der Waals surface area (Å²) in [5, 5.41) is 0. The molecule has 0 aromatic rings. The first-order valence-electron chi connectivity index (χ1n) is 6.49. The zero-order valence-corrected chi connectivity index (χ0v) is 11.3. The molecule has 0 aliphatic heterocycles. The van der Waals surface area contributed by atoms with Crippen LogP contribution in [0.2, 0.25) is 0 Å². The largest absolute Gasteiger partial charge is 0.342 e. The lowest BCUT2D eigenvalue weighted by atomic mass is 9.90. The summed E-state index contributed by atoms with van der Waals surface area (Å²) in [5.74, 6) is 1.07. The van der Waals surface area contributed by atoms with Crippen LogP contribution in [-0.2, 0) is 4.79 Å². The van der Waals surface area contributed by atoms with Gasteiger partial charge in [-0.2, -0.15) is 0 Å². The van der Waals surface area contributed by atoms with Crippen LogP contribution < -0.4 is 0 Å². The van der Waals surface area contributed by atoms with E-state index in [0.29, 0.717) is 11.8 Å². The van der Waals surface area contributed by atoms with Gasteiger partial charge in [0.05, 0.1) is 0 Å². The van der Waals surface area contributed by atoms with Crippen molar-refractivity contribution >= 4 is 17.5 Å². The third kappa shape index (κ3) is 3.97. The molecule has 0 spiro atoms. The molecule has 1 atom stereocenters. The van der Waals surface area contributed by atoms with Gasteiger partial charge in [0.25, 0.3) is 0 Å². The van der Waals surface area contributed by atoms with Crippen molar-refractivity contribution in [2.75, 3.05) is 12.9 Å². The van der Waals surface area contributed by atoms with Gasteiger partial charge in [0.2, 0.25) is 5.91 Å². The minimum atomic E-state index is 0.152. The van der Waals surface area contributed by atoms with Gasteiger partial charge < -0.3 is 4.90 Å². The fraction of sp³-hybridized carbons (Fsp3) is 0.923. The Balaban J connectivity index is 2.49. The fourth-order valence-electron chi connectivity index (χ4n) is 2.31. The average molecular weight is 246 g/mol. The lowest BCUT2D eigenvalue weighted by molar-refractivity contribution is -0.136. The first-order valence-corrected chi connectivity index (χ1v) is 7.03. The summed E-state index contributed by atoms with van der Waals surface area (Å²) in [4.78, 5) is 14.1. The molecule has 1 amide bonds. The van der Waals surface area contributed by atoms with E-state index in [4.69, 9.17) is 11.6 Å². The molecule has 0 radical (unpaired) electrons. The molecule has 0 saturated heterocycles. The third-order valence-corrected chi connectivity index (χ3v) is 4.13. The molecule has 1 aliphatic rings. The van der Waals surface area contributed by atoms with Crippen molar-refractivity contribution in [3.8, 4) is 0 Å². The normalized spacial score (nSPS) is 20.9. The summed E-state index contributed by atoms with van der Waals surface area (Å²) in [5.41, 5.74) is 0. The second-order valence-corrected chi connectivity index (χ2v) is 5.30. The molecule has 0 heterocycles. The highest BCUT2D eigenvalue weighted by Crippen LogP contribution is 2.24. The predicted molar refractivity (Wildman–Crippen MR) is 68.8 cm³/mol. The number of rotatable bonds is 3. The number of carbonyl (C=O) groups excluding carboxylic acids is 1. The van der Waals surface area contributed by atoms with Gasteiger partial charge in [0.15, 0.2) is 0 Å². The molecule has 1 saturated carbocycles. The number of hydrogen-bond acceptors (Lipinski definition) is 1. The van der Waals surface area contributed by atoms with Gasteiger partial charge >= 0.3 is 0 Å². The van der Waals surface area contributed by atoms with Gasteiger partial charge in [0, 0.05) is 24.9 Å². The maximum Gasteiger partial charge on any atom is 0.225 e. The number of alkyl halides is 1. The van der Waals surface area contributed by atoms with Crippen LogP contribution in [0.1, 0.15) is 51.9 Å². The van der Waals surface area contributed by atoms with Crippen LogP contribution in [0.25, 0.3) is 0 Å². The minimum absolute atomic E-state index is 0.152. The van der Waals surface area contributed by atoms with Crippen LogP contribution in [0.15, 0.2) is 0 Å². The number of halogens is 1. The summed E-state index contributed by atoms with van der Waals surface area (Å²) < 4.78 is 0. The van der Waals surface area contributed by atoms with Crippen LogP contribution in [0, 0.1) is 5.92 Å². The Morgan fingerprint density at radius 3 is 2.25 bits per heavy atom. The van der Waals surface area contributed by atoms with Gasteiger partial charge in [-0.05, 0) is 19.8 Å². The highest BCUT2D eigenvalue weighted by molar-refractivity contribution is 6.18. The first kappa shape index (κ1) is 13.8. The van der Waals surface area contributed by atoms with Crippen molar-refractivity contribution in [2.24, 2.45) is 5.92 Å². The second kappa shape index (κ2) is 7.16. The molecule has 0 aromatic carbocycles. The number of carbonyl (C=O) groups is 1. The summed E-state index contributed by atoms with van der Waals surface area (Å²) >= 11 is 5.79. The minimum Gasteiger partial charge on any atom is -0.342 e. The molecule has 94 valence electrons. The maximum absolute atomic E-state index is 12.2.